The van der Waals surface area contributed by atoms with E-state index in [0.29, 0.717) is 0 Å². The molecule has 2 aliphatic rings. The van der Waals surface area contributed by atoms with Gasteiger partial charge in [0.1, 0.15) is 0 Å². The van der Waals surface area contributed by atoms with Crippen molar-refractivity contribution in [2.45, 2.75) is 57.5 Å². The molecule has 0 saturated heterocycles. The highest BCUT2D eigenvalue weighted by Crippen LogP contribution is 2.28. The molecule has 1 heteroatoms. The van der Waals surface area contributed by atoms with Crippen LogP contribution < -0.4 is 5.32 Å². The number of rotatable bonds is 2. The van der Waals surface area contributed by atoms with Gasteiger partial charge in [-0.15, -0.1) is 0 Å². The maximum atomic E-state index is 3.74. The van der Waals surface area contributed by atoms with Gasteiger partial charge in [0.2, 0.25) is 0 Å². The van der Waals surface area contributed by atoms with Gasteiger partial charge in [-0.05, 0) is 31.6 Å². The van der Waals surface area contributed by atoms with Gasteiger partial charge in [0.05, 0.1) is 0 Å². The van der Waals surface area contributed by atoms with Crippen LogP contribution in [0.25, 0.3) is 0 Å². The molecule has 0 aromatic rings. The van der Waals surface area contributed by atoms with E-state index in [1.165, 1.54) is 38.5 Å². The van der Waals surface area contributed by atoms with Crippen molar-refractivity contribution >= 4 is 0 Å². The van der Waals surface area contributed by atoms with E-state index in [0.717, 1.165) is 18.0 Å². The lowest BCUT2D eigenvalue weighted by atomic mass is 9.86. The molecule has 2 atom stereocenters. The number of hydrogen-bond acceptors (Lipinski definition) is 1. The predicted molar refractivity (Wildman–Crippen MR) is 47.6 cm³/mol. The minimum absolute atomic E-state index is 0.858. The summed E-state index contributed by atoms with van der Waals surface area (Å²) in [6, 6.07) is 1.76. The number of hydrogen-bond donors (Lipinski definition) is 1. The normalized spacial score (nSPS) is 39.0. The average Bonchev–Trinajstić information content (AvgIpc) is 2.78. The van der Waals surface area contributed by atoms with Crippen molar-refractivity contribution in [1.29, 1.82) is 0 Å². The minimum atomic E-state index is 0.858. The van der Waals surface area contributed by atoms with Crippen molar-refractivity contribution in [2.75, 3.05) is 0 Å². The summed E-state index contributed by atoms with van der Waals surface area (Å²) in [5.41, 5.74) is 0. The average molecular weight is 153 g/mol. The Balaban J connectivity index is 1.78. The van der Waals surface area contributed by atoms with Crippen LogP contribution in [0, 0.1) is 5.92 Å². The molecule has 0 spiro atoms. The Hall–Kier alpha value is -0.0400. The van der Waals surface area contributed by atoms with E-state index < -0.39 is 0 Å². The summed E-state index contributed by atoms with van der Waals surface area (Å²) in [6.07, 6.45) is 8.66. The second-order valence-electron chi connectivity index (χ2n) is 4.31. The highest BCUT2D eigenvalue weighted by Gasteiger charge is 2.28. The predicted octanol–water partition coefficient (Wildman–Crippen LogP) is 2.32. The fourth-order valence-electron chi connectivity index (χ4n) is 2.12. The summed E-state index contributed by atoms with van der Waals surface area (Å²) in [4.78, 5) is 0. The molecular formula is C10H19N. The Morgan fingerprint density at radius 3 is 2.36 bits per heavy atom. The molecule has 0 aliphatic heterocycles. The van der Waals surface area contributed by atoms with Gasteiger partial charge in [-0.3, -0.25) is 0 Å². The lowest BCUT2D eigenvalue weighted by Crippen LogP contribution is -2.38. The zero-order chi connectivity index (χ0) is 7.68. The van der Waals surface area contributed by atoms with Gasteiger partial charge in [0.25, 0.3) is 0 Å². The summed E-state index contributed by atoms with van der Waals surface area (Å²) in [5.74, 6) is 0.935. The van der Waals surface area contributed by atoms with E-state index in [-0.39, 0.29) is 0 Å². The molecule has 1 nitrogen and oxygen atoms in total. The number of nitrogens with one attached hydrogen (secondary N) is 1. The van der Waals surface area contributed by atoms with E-state index in [9.17, 15) is 0 Å². The van der Waals surface area contributed by atoms with Gasteiger partial charge >= 0.3 is 0 Å². The first kappa shape index (κ1) is 7.60. The summed E-state index contributed by atoms with van der Waals surface area (Å²) in [7, 11) is 0. The van der Waals surface area contributed by atoms with Gasteiger partial charge in [-0.1, -0.05) is 19.8 Å². The molecule has 0 amide bonds. The minimum Gasteiger partial charge on any atom is -0.311 e. The molecule has 64 valence electrons. The SMILES string of the molecule is C[C@@H]1CCCC[C@@H]1NC1CC1. The standard InChI is InChI=1S/C10H19N/c1-8-4-2-3-5-10(8)11-9-6-7-9/h8-11H,2-7H2,1H3/t8-,10+/m1/s1. The van der Waals surface area contributed by atoms with Crippen LogP contribution in [0.4, 0.5) is 0 Å². The molecule has 0 heterocycles. The van der Waals surface area contributed by atoms with Crippen LogP contribution >= 0.6 is 0 Å². The molecule has 0 aromatic carbocycles. The zero-order valence-electron chi connectivity index (χ0n) is 7.47. The van der Waals surface area contributed by atoms with E-state index >= 15 is 0 Å². The zero-order valence-corrected chi connectivity index (χ0v) is 7.47. The van der Waals surface area contributed by atoms with Crippen LogP contribution in [0.15, 0.2) is 0 Å². The molecule has 2 aliphatic carbocycles. The summed E-state index contributed by atoms with van der Waals surface area (Å²) in [6.45, 7) is 2.40. The monoisotopic (exact) mass is 153 g/mol. The van der Waals surface area contributed by atoms with Crippen molar-refractivity contribution in [3.8, 4) is 0 Å². The Morgan fingerprint density at radius 1 is 1.00 bits per heavy atom. The van der Waals surface area contributed by atoms with Crippen molar-refractivity contribution in [1.82, 2.24) is 5.32 Å². The van der Waals surface area contributed by atoms with Crippen molar-refractivity contribution < 1.29 is 0 Å². The first-order valence-electron chi connectivity index (χ1n) is 5.12. The van der Waals surface area contributed by atoms with Crippen LogP contribution in [-0.2, 0) is 0 Å². The van der Waals surface area contributed by atoms with Crippen LogP contribution in [0.1, 0.15) is 45.4 Å². The molecular weight excluding hydrogens is 134 g/mol. The van der Waals surface area contributed by atoms with E-state index in [2.05, 4.69) is 12.2 Å². The second-order valence-corrected chi connectivity index (χ2v) is 4.31. The molecule has 2 fully saturated rings. The summed E-state index contributed by atoms with van der Waals surface area (Å²) < 4.78 is 0. The molecule has 0 aromatic heterocycles. The molecule has 1 N–H and O–H groups in total. The van der Waals surface area contributed by atoms with Crippen molar-refractivity contribution in [2.24, 2.45) is 5.92 Å². The van der Waals surface area contributed by atoms with Crippen LogP contribution in [0.2, 0.25) is 0 Å². The maximum Gasteiger partial charge on any atom is 0.00952 e. The Bertz CT molecular complexity index is 129. The first-order chi connectivity index (χ1) is 5.36. The fraction of sp³-hybridized carbons (Fsp3) is 1.00. The van der Waals surface area contributed by atoms with Crippen LogP contribution in [0.5, 0.6) is 0 Å². The topological polar surface area (TPSA) is 12.0 Å². The van der Waals surface area contributed by atoms with E-state index in [1.54, 1.807) is 0 Å². The lowest BCUT2D eigenvalue weighted by Gasteiger charge is -2.29. The fourth-order valence-corrected chi connectivity index (χ4v) is 2.12. The third-order valence-corrected chi connectivity index (χ3v) is 3.14. The summed E-state index contributed by atoms with van der Waals surface area (Å²) in [5, 5.41) is 3.74. The second kappa shape index (κ2) is 3.14. The quantitative estimate of drug-likeness (QED) is 0.642. The Kier molecular flexibility index (Phi) is 2.17. The van der Waals surface area contributed by atoms with Gasteiger partial charge in [-0.2, -0.15) is 0 Å². The van der Waals surface area contributed by atoms with E-state index in [1.807, 2.05) is 0 Å². The third kappa shape index (κ3) is 1.96. The Morgan fingerprint density at radius 2 is 1.73 bits per heavy atom. The van der Waals surface area contributed by atoms with Gasteiger partial charge in [0.15, 0.2) is 0 Å². The first-order valence-corrected chi connectivity index (χ1v) is 5.12. The molecule has 0 unspecified atom stereocenters. The van der Waals surface area contributed by atoms with Crippen molar-refractivity contribution in [3.63, 3.8) is 0 Å². The van der Waals surface area contributed by atoms with Crippen LogP contribution in [0.3, 0.4) is 0 Å². The molecule has 11 heavy (non-hydrogen) atoms. The molecule has 0 bridgehead atoms. The molecule has 2 saturated carbocycles. The van der Waals surface area contributed by atoms with Gasteiger partial charge in [0, 0.05) is 12.1 Å². The van der Waals surface area contributed by atoms with Gasteiger partial charge in [-0.25, -0.2) is 0 Å². The third-order valence-electron chi connectivity index (χ3n) is 3.14. The smallest absolute Gasteiger partial charge is 0.00952 e. The summed E-state index contributed by atoms with van der Waals surface area (Å²) >= 11 is 0. The Labute approximate surface area is 69.6 Å². The van der Waals surface area contributed by atoms with Gasteiger partial charge < -0.3 is 5.32 Å². The van der Waals surface area contributed by atoms with Crippen molar-refractivity contribution in [3.05, 3.63) is 0 Å². The lowest BCUT2D eigenvalue weighted by molar-refractivity contribution is 0.279. The maximum absolute atomic E-state index is 3.74. The van der Waals surface area contributed by atoms with E-state index in [4.69, 9.17) is 0 Å². The highest BCUT2D eigenvalue weighted by molar-refractivity contribution is 4.88. The molecule has 0 radical (unpaired) electrons. The van der Waals surface area contributed by atoms with Crippen LogP contribution in [-0.4, -0.2) is 12.1 Å². The highest BCUT2D eigenvalue weighted by atomic mass is 15.0. The molecule has 2 rings (SSSR count). The largest absolute Gasteiger partial charge is 0.311 e.